The number of benzene rings is 5. The SMILES string of the molecule is c1ccc(-c2c3ccccc3c(-c3ccc(C4COCCO4)cc3)c3ccccc23)cc1. The highest BCUT2D eigenvalue weighted by molar-refractivity contribution is 6.21. The Hall–Kier alpha value is -3.46. The van der Waals surface area contributed by atoms with E-state index in [0.29, 0.717) is 19.8 Å². The first-order valence-electron chi connectivity index (χ1n) is 11.2. The molecule has 1 unspecified atom stereocenters. The quantitative estimate of drug-likeness (QED) is 0.285. The number of hydrogen-bond acceptors (Lipinski definition) is 2. The fourth-order valence-electron chi connectivity index (χ4n) is 4.90. The van der Waals surface area contributed by atoms with Crippen molar-refractivity contribution in [2.24, 2.45) is 0 Å². The lowest BCUT2D eigenvalue weighted by atomic mass is 9.86. The van der Waals surface area contributed by atoms with Gasteiger partial charge in [0.05, 0.1) is 19.8 Å². The van der Waals surface area contributed by atoms with Crippen molar-refractivity contribution >= 4 is 21.5 Å². The molecule has 0 N–H and O–H groups in total. The fourth-order valence-corrected chi connectivity index (χ4v) is 4.90. The fraction of sp³-hybridized carbons (Fsp3) is 0.133. The average molecular weight is 417 g/mol. The second-order valence-corrected chi connectivity index (χ2v) is 8.26. The van der Waals surface area contributed by atoms with Crippen molar-refractivity contribution in [2.45, 2.75) is 6.10 Å². The predicted molar refractivity (Wildman–Crippen MR) is 132 cm³/mol. The molecule has 1 saturated heterocycles. The van der Waals surface area contributed by atoms with E-state index in [1.54, 1.807) is 0 Å². The molecule has 2 nitrogen and oxygen atoms in total. The molecule has 0 spiro atoms. The Labute approximate surface area is 188 Å². The molecule has 1 aliphatic heterocycles. The molecule has 1 atom stereocenters. The van der Waals surface area contributed by atoms with Crippen molar-refractivity contribution in [1.82, 2.24) is 0 Å². The molecule has 32 heavy (non-hydrogen) atoms. The lowest BCUT2D eigenvalue weighted by Gasteiger charge is -2.23. The van der Waals surface area contributed by atoms with Crippen molar-refractivity contribution in [3.8, 4) is 22.3 Å². The van der Waals surface area contributed by atoms with Gasteiger partial charge in [-0.25, -0.2) is 0 Å². The lowest BCUT2D eigenvalue weighted by Crippen LogP contribution is -2.21. The topological polar surface area (TPSA) is 18.5 Å². The van der Waals surface area contributed by atoms with Gasteiger partial charge < -0.3 is 9.47 Å². The highest BCUT2D eigenvalue weighted by Crippen LogP contribution is 2.43. The van der Waals surface area contributed by atoms with Crippen LogP contribution in [-0.4, -0.2) is 19.8 Å². The lowest BCUT2D eigenvalue weighted by molar-refractivity contribution is -0.0901. The minimum atomic E-state index is 0.0201. The second kappa shape index (κ2) is 8.23. The van der Waals surface area contributed by atoms with E-state index in [4.69, 9.17) is 9.47 Å². The summed E-state index contributed by atoms with van der Waals surface area (Å²) in [7, 11) is 0. The number of fused-ring (bicyclic) bond motifs is 2. The van der Waals surface area contributed by atoms with Gasteiger partial charge in [0, 0.05) is 0 Å². The highest BCUT2D eigenvalue weighted by Gasteiger charge is 2.18. The standard InChI is InChI=1S/C30H24O2/c1-2-8-22(9-3-1)29-24-10-4-6-12-26(24)30(27-13-7-5-11-25(27)29)23-16-14-21(15-17-23)28-20-31-18-19-32-28/h1-17,28H,18-20H2. The molecule has 0 aliphatic carbocycles. The summed E-state index contributed by atoms with van der Waals surface area (Å²) in [5, 5.41) is 5.10. The van der Waals surface area contributed by atoms with Gasteiger partial charge >= 0.3 is 0 Å². The first kappa shape index (κ1) is 19.2. The molecular weight excluding hydrogens is 392 g/mol. The molecule has 1 aliphatic rings. The minimum Gasteiger partial charge on any atom is -0.376 e. The third kappa shape index (κ3) is 3.29. The maximum atomic E-state index is 5.89. The molecule has 0 bridgehead atoms. The van der Waals surface area contributed by atoms with E-state index in [1.807, 2.05) is 0 Å². The van der Waals surface area contributed by atoms with Crippen LogP contribution in [0.5, 0.6) is 0 Å². The van der Waals surface area contributed by atoms with Crippen LogP contribution >= 0.6 is 0 Å². The molecule has 5 aromatic carbocycles. The van der Waals surface area contributed by atoms with Crippen LogP contribution in [0.3, 0.4) is 0 Å². The van der Waals surface area contributed by atoms with E-state index in [-0.39, 0.29) is 6.10 Å². The summed E-state index contributed by atoms with van der Waals surface area (Å²) in [6, 6.07) is 37.1. The Morgan fingerprint density at radius 3 is 1.50 bits per heavy atom. The third-order valence-corrected chi connectivity index (χ3v) is 6.38. The van der Waals surface area contributed by atoms with E-state index >= 15 is 0 Å². The van der Waals surface area contributed by atoms with Crippen LogP contribution < -0.4 is 0 Å². The van der Waals surface area contributed by atoms with Crippen molar-refractivity contribution < 1.29 is 9.47 Å². The van der Waals surface area contributed by atoms with Gasteiger partial charge in [-0.3, -0.25) is 0 Å². The van der Waals surface area contributed by atoms with Crippen LogP contribution in [0.25, 0.3) is 43.8 Å². The average Bonchev–Trinajstić information content (AvgIpc) is 2.88. The summed E-state index contributed by atoms with van der Waals surface area (Å²) in [4.78, 5) is 0. The highest BCUT2D eigenvalue weighted by atomic mass is 16.6. The van der Waals surface area contributed by atoms with E-state index < -0.39 is 0 Å². The zero-order valence-corrected chi connectivity index (χ0v) is 17.8. The molecule has 0 radical (unpaired) electrons. The van der Waals surface area contributed by atoms with Gasteiger partial charge in [-0.2, -0.15) is 0 Å². The smallest absolute Gasteiger partial charge is 0.106 e. The molecule has 1 fully saturated rings. The Morgan fingerprint density at radius 2 is 1.00 bits per heavy atom. The zero-order valence-electron chi connectivity index (χ0n) is 17.8. The molecule has 156 valence electrons. The molecule has 6 rings (SSSR count). The summed E-state index contributed by atoms with van der Waals surface area (Å²) in [6.45, 7) is 1.96. The summed E-state index contributed by atoms with van der Waals surface area (Å²) >= 11 is 0. The molecule has 0 saturated carbocycles. The molecule has 2 heteroatoms. The van der Waals surface area contributed by atoms with Crippen LogP contribution in [0.1, 0.15) is 11.7 Å². The molecule has 5 aromatic rings. The maximum absolute atomic E-state index is 5.89. The van der Waals surface area contributed by atoms with Crippen molar-refractivity contribution in [2.75, 3.05) is 19.8 Å². The van der Waals surface area contributed by atoms with Crippen molar-refractivity contribution in [3.63, 3.8) is 0 Å². The van der Waals surface area contributed by atoms with Crippen molar-refractivity contribution in [1.29, 1.82) is 0 Å². The van der Waals surface area contributed by atoms with Crippen LogP contribution in [0.15, 0.2) is 103 Å². The molecular formula is C30H24O2. The Kier molecular flexibility index (Phi) is 4.95. The van der Waals surface area contributed by atoms with Crippen LogP contribution in [-0.2, 0) is 9.47 Å². The van der Waals surface area contributed by atoms with Crippen LogP contribution in [0, 0.1) is 0 Å². The monoisotopic (exact) mass is 416 g/mol. The summed E-state index contributed by atoms with van der Waals surface area (Å²) < 4.78 is 11.5. The second-order valence-electron chi connectivity index (χ2n) is 8.26. The first-order chi connectivity index (χ1) is 15.9. The normalized spacial score (nSPS) is 16.4. The maximum Gasteiger partial charge on any atom is 0.106 e. The van der Waals surface area contributed by atoms with Gasteiger partial charge in [0.2, 0.25) is 0 Å². The van der Waals surface area contributed by atoms with E-state index in [2.05, 4.69) is 103 Å². The van der Waals surface area contributed by atoms with Gasteiger partial charge in [-0.15, -0.1) is 0 Å². The molecule has 0 amide bonds. The predicted octanol–water partition coefficient (Wildman–Crippen LogP) is 7.41. The molecule has 0 aromatic heterocycles. The van der Waals surface area contributed by atoms with Gasteiger partial charge in [-0.05, 0) is 49.4 Å². The van der Waals surface area contributed by atoms with Crippen molar-refractivity contribution in [3.05, 3.63) is 109 Å². The summed E-state index contributed by atoms with van der Waals surface area (Å²) in [5.41, 5.74) is 6.21. The molecule has 1 heterocycles. The largest absolute Gasteiger partial charge is 0.376 e. The summed E-state index contributed by atoms with van der Waals surface area (Å²) in [5.74, 6) is 0. The number of hydrogen-bond donors (Lipinski definition) is 0. The van der Waals surface area contributed by atoms with Gasteiger partial charge in [0.15, 0.2) is 0 Å². The first-order valence-corrected chi connectivity index (χ1v) is 11.2. The van der Waals surface area contributed by atoms with Crippen LogP contribution in [0.2, 0.25) is 0 Å². The minimum absolute atomic E-state index is 0.0201. The van der Waals surface area contributed by atoms with Crippen LogP contribution in [0.4, 0.5) is 0 Å². The van der Waals surface area contributed by atoms with Gasteiger partial charge in [0.25, 0.3) is 0 Å². The van der Waals surface area contributed by atoms with E-state index in [1.165, 1.54) is 49.4 Å². The Morgan fingerprint density at radius 1 is 0.500 bits per heavy atom. The summed E-state index contributed by atoms with van der Waals surface area (Å²) in [6.07, 6.45) is 0.0201. The van der Waals surface area contributed by atoms with Gasteiger partial charge in [-0.1, -0.05) is 103 Å². The number of rotatable bonds is 3. The number of ether oxygens (including phenoxy) is 2. The van der Waals surface area contributed by atoms with E-state index in [0.717, 1.165) is 0 Å². The third-order valence-electron chi connectivity index (χ3n) is 6.38. The zero-order chi connectivity index (χ0) is 21.3. The Balaban J connectivity index is 1.59. The van der Waals surface area contributed by atoms with E-state index in [9.17, 15) is 0 Å². The van der Waals surface area contributed by atoms with Gasteiger partial charge in [0.1, 0.15) is 6.10 Å². The Bertz CT molecular complexity index is 1320.